The maximum absolute atomic E-state index is 11.8. The molecule has 2 aromatic rings. The number of carbonyl (C=O) groups is 2. The van der Waals surface area contributed by atoms with Crippen molar-refractivity contribution in [1.82, 2.24) is 4.98 Å². The molecule has 0 bridgehead atoms. The van der Waals surface area contributed by atoms with Gasteiger partial charge in [0.05, 0.1) is 12.8 Å². The maximum atomic E-state index is 11.8. The lowest BCUT2D eigenvalue weighted by atomic mass is 10.3. The Labute approximate surface area is 123 Å². The van der Waals surface area contributed by atoms with E-state index in [1.54, 1.807) is 17.5 Å². The van der Waals surface area contributed by atoms with Crippen LogP contribution in [0.15, 0.2) is 29.8 Å². The van der Waals surface area contributed by atoms with Crippen LogP contribution in [0, 0.1) is 0 Å². The molecule has 8 heteroatoms. The number of halogens is 1. The van der Waals surface area contributed by atoms with Crippen molar-refractivity contribution in [2.45, 2.75) is 0 Å². The van der Waals surface area contributed by atoms with Crippen LogP contribution in [0.25, 0.3) is 0 Å². The number of hydrogen-bond donors (Lipinski definition) is 2. The third kappa shape index (κ3) is 3.46. The fourth-order valence-electron chi connectivity index (χ4n) is 1.40. The Morgan fingerprint density at radius 2 is 2.05 bits per heavy atom. The molecule has 0 saturated carbocycles. The zero-order chi connectivity index (χ0) is 14.5. The van der Waals surface area contributed by atoms with E-state index in [0.29, 0.717) is 21.6 Å². The fourth-order valence-corrected chi connectivity index (χ4v) is 2.09. The van der Waals surface area contributed by atoms with Crippen molar-refractivity contribution in [3.63, 3.8) is 0 Å². The first-order valence-electron chi connectivity index (χ1n) is 5.45. The SMILES string of the molecule is COc1ccc(Cl)cc1NC(=O)C(=O)Nc1nccs1. The van der Waals surface area contributed by atoms with Crippen molar-refractivity contribution in [3.8, 4) is 5.75 Å². The van der Waals surface area contributed by atoms with E-state index in [1.807, 2.05) is 0 Å². The van der Waals surface area contributed by atoms with Gasteiger partial charge in [0.15, 0.2) is 5.13 Å². The van der Waals surface area contributed by atoms with Gasteiger partial charge in [-0.05, 0) is 18.2 Å². The lowest BCUT2D eigenvalue weighted by molar-refractivity contribution is -0.133. The first kappa shape index (κ1) is 14.3. The molecule has 0 aliphatic carbocycles. The average molecular weight is 312 g/mol. The fraction of sp³-hybridized carbons (Fsp3) is 0.0833. The van der Waals surface area contributed by atoms with Gasteiger partial charge >= 0.3 is 11.8 Å². The van der Waals surface area contributed by atoms with Crippen LogP contribution in [0.2, 0.25) is 5.02 Å². The summed E-state index contributed by atoms with van der Waals surface area (Å²) in [5.41, 5.74) is 0.319. The molecule has 0 aliphatic heterocycles. The van der Waals surface area contributed by atoms with Crippen LogP contribution in [-0.2, 0) is 9.59 Å². The van der Waals surface area contributed by atoms with Gasteiger partial charge in [0.25, 0.3) is 0 Å². The molecule has 0 aliphatic rings. The number of anilines is 2. The van der Waals surface area contributed by atoms with Gasteiger partial charge in [0, 0.05) is 16.6 Å². The number of benzene rings is 1. The molecule has 6 nitrogen and oxygen atoms in total. The largest absolute Gasteiger partial charge is 0.495 e. The van der Waals surface area contributed by atoms with E-state index in [2.05, 4.69) is 15.6 Å². The summed E-state index contributed by atoms with van der Waals surface area (Å²) in [6, 6.07) is 4.71. The minimum Gasteiger partial charge on any atom is -0.495 e. The summed E-state index contributed by atoms with van der Waals surface area (Å²) < 4.78 is 5.07. The van der Waals surface area contributed by atoms with Crippen molar-refractivity contribution >= 4 is 45.6 Å². The molecule has 2 N–H and O–H groups in total. The van der Waals surface area contributed by atoms with Crippen molar-refractivity contribution < 1.29 is 14.3 Å². The second-order valence-corrected chi connectivity index (χ2v) is 4.92. The van der Waals surface area contributed by atoms with Gasteiger partial charge in [0.1, 0.15) is 5.75 Å². The second kappa shape index (κ2) is 6.36. The highest BCUT2D eigenvalue weighted by atomic mass is 35.5. The highest BCUT2D eigenvalue weighted by molar-refractivity contribution is 7.13. The predicted octanol–water partition coefficient (Wildman–Crippen LogP) is 2.38. The van der Waals surface area contributed by atoms with Gasteiger partial charge < -0.3 is 10.1 Å². The van der Waals surface area contributed by atoms with Crippen LogP contribution in [0.1, 0.15) is 0 Å². The Balaban J connectivity index is 2.07. The number of rotatable bonds is 3. The third-order valence-corrected chi connectivity index (χ3v) is 3.19. The molecule has 1 aromatic heterocycles. The van der Waals surface area contributed by atoms with Gasteiger partial charge in [0.2, 0.25) is 0 Å². The third-order valence-electron chi connectivity index (χ3n) is 2.27. The molecule has 0 atom stereocenters. The molecule has 0 saturated heterocycles. The standard InChI is InChI=1S/C12H10ClN3O3S/c1-19-9-3-2-7(13)6-8(9)15-10(17)11(18)16-12-14-4-5-20-12/h2-6H,1H3,(H,15,17)(H,14,16,18). The Kier molecular flexibility index (Phi) is 4.54. The first-order valence-corrected chi connectivity index (χ1v) is 6.71. The Bertz CT molecular complexity index is 631. The first-order chi connectivity index (χ1) is 9.60. The Morgan fingerprint density at radius 3 is 2.70 bits per heavy atom. The number of ether oxygens (including phenoxy) is 1. The average Bonchev–Trinajstić information content (AvgIpc) is 2.91. The van der Waals surface area contributed by atoms with Crippen LogP contribution in [0.5, 0.6) is 5.75 Å². The monoisotopic (exact) mass is 311 g/mol. The number of methoxy groups -OCH3 is 1. The topological polar surface area (TPSA) is 80.3 Å². The van der Waals surface area contributed by atoms with Crippen molar-refractivity contribution in [2.75, 3.05) is 17.7 Å². The van der Waals surface area contributed by atoms with Crippen molar-refractivity contribution in [3.05, 3.63) is 34.8 Å². The number of thiazole rings is 1. The highest BCUT2D eigenvalue weighted by Crippen LogP contribution is 2.27. The van der Waals surface area contributed by atoms with E-state index in [4.69, 9.17) is 16.3 Å². The zero-order valence-electron chi connectivity index (χ0n) is 10.3. The molecule has 1 aromatic carbocycles. The summed E-state index contributed by atoms with van der Waals surface area (Å²) in [7, 11) is 1.45. The minimum absolute atomic E-state index is 0.319. The van der Waals surface area contributed by atoms with E-state index >= 15 is 0 Å². The van der Waals surface area contributed by atoms with E-state index in [1.165, 1.54) is 30.7 Å². The molecular weight excluding hydrogens is 302 g/mol. The highest BCUT2D eigenvalue weighted by Gasteiger charge is 2.17. The van der Waals surface area contributed by atoms with Gasteiger partial charge in [-0.1, -0.05) is 11.6 Å². The normalized spacial score (nSPS) is 9.90. The van der Waals surface area contributed by atoms with Crippen molar-refractivity contribution in [1.29, 1.82) is 0 Å². The molecular formula is C12H10ClN3O3S. The summed E-state index contributed by atoms with van der Waals surface area (Å²) >= 11 is 7.05. The molecule has 2 rings (SSSR count). The van der Waals surface area contributed by atoms with Gasteiger partial charge in [-0.25, -0.2) is 4.98 Å². The number of nitrogens with zero attached hydrogens (tertiary/aromatic N) is 1. The quantitative estimate of drug-likeness (QED) is 0.853. The van der Waals surface area contributed by atoms with E-state index < -0.39 is 11.8 Å². The molecule has 2 amide bonds. The van der Waals surface area contributed by atoms with E-state index in [-0.39, 0.29) is 0 Å². The lowest BCUT2D eigenvalue weighted by Crippen LogP contribution is -2.29. The molecule has 20 heavy (non-hydrogen) atoms. The van der Waals surface area contributed by atoms with Crippen LogP contribution >= 0.6 is 22.9 Å². The Morgan fingerprint density at radius 1 is 1.30 bits per heavy atom. The summed E-state index contributed by atoms with van der Waals surface area (Å²) in [4.78, 5) is 27.3. The molecule has 0 radical (unpaired) electrons. The van der Waals surface area contributed by atoms with Gasteiger partial charge in [-0.3, -0.25) is 14.9 Å². The smallest absolute Gasteiger partial charge is 0.315 e. The number of aromatic nitrogens is 1. The van der Waals surface area contributed by atoms with E-state index in [9.17, 15) is 9.59 Å². The molecule has 0 spiro atoms. The van der Waals surface area contributed by atoms with Gasteiger partial charge in [-0.2, -0.15) is 0 Å². The van der Waals surface area contributed by atoms with Crippen LogP contribution in [0.4, 0.5) is 10.8 Å². The predicted molar refractivity (Wildman–Crippen MR) is 77.4 cm³/mol. The van der Waals surface area contributed by atoms with E-state index in [0.717, 1.165) is 0 Å². The molecule has 104 valence electrons. The Hall–Kier alpha value is -2.12. The molecule has 0 unspecified atom stereocenters. The summed E-state index contributed by atoms with van der Waals surface area (Å²) in [6.07, 6.45) is 1.53. The van der Waals surface area contributed by atoms with Gasteiger partial charge in [-0.15, -0.1) is 11.3 Å². The van der Waals surface area contributed by atoms with Crippen LogP contribution in [0.3, 0.4) is 0 Å². The molecule has 1 heterocycles. The number of hydrogen-bond acceptors (Lipinski definition) is 5. The maximum Gasteiger partial charge on any atom is 0.315 e. The lowest BCUT2D eigenvalue weighted by Gasteiger charge is -2.09. The minimum atomic E-state index is -0.833. The van der Waals surface area contributed by atoms with Crippen LogP contribution in [-0.4, -0.2) is 23.9 Å². The number of carbonyl (C=O) groups excluding carboxylic acids is 2. The van der Waals surface area contributed by atoms with Crippen LogP contribution < -0.4 is 15.4 Å². The number of nitrogens with one attached hydrogen (secondary N) is 2. The zero-order valence-corrected chi connectivity index (χ0v) is 11.9. The summed E-state index contributed by atoms with van der Waals surface area (Å²) in [5.74, 6) is -1.24. The summed E-state index contributed by atoms with van der Waals surface area (Å²) in [6.45, 7) is 0. The van der Waals surface area contributed by atoms with Crippen molar-refractivity contribution in [2.24, 2.45) is 0 Å². The molecule has 0 fully saturated rings. The second-order valence-electron chi connectivity index (χ2n) is 3.59. The number of amides is 2. The summed E-state index contributed by atoms with van der Waals surface area (Å²) in [5, 5.41) is 7.26.